The Morgan fingerprint density at radius 1 is 0.700 bits per heavy atom. The minimum Gasteiger partial charge on any atom is -0.544 e. The minimum absolute atomic E-state index is 1.03. The predicted octanol–water partition coefficient (Wildman–Crippen LogP) is 3.72. The molecule has 1 nitrogen and oxygen atoms in total. The largest absolute Gasteiger partial charge is 0.544 e. The van der Waals surface area contributed by atoms with Gasteiger partial charge in [0.2, 0.25) is 8.32 Å². The summed E-state index contributed by atoms with van der Waals surface area (Å²) in [7, 11) is -3.17. The first kappa shape index (κ1) is 15.1. The molecule has 3 heteroatoms. The van der Waals surface area contributed by atoms with Crippen LogP contribution in [0.3, 0.4) is 0 Å². The summed E-state index contributed by atoms with van der Waals surface area (Å²) in [6.45, 7) is 11.5. The van der Waals surface area contributed by atoms with E-state index in [1.54, 1.807) is 0 Å². The maximum Gasteiger partial charge on any atom is 0.242 e. The van der Waals surface area contributed by atoms with Crippen molar-refractivity contribution < 1.29 is 4.43 Å². The van der Waals surface area contributed by atoms with E-state index < -0.39 is 16.4 Å². The molecule has 0 atom stereocenters. The van der Waals surface area contributed by atoms with Crippen molar-refractivity contribution in [3.63, 3.8) is 0 Å². The van der Waals surface area contributed by atoms with Crippen LogP contribution in [0, 0.1) is 0 Å². The van der Waals surface area contributed by atoms with Crippen LogP contribution >= 0.6 is 0 Å². The van der Waals surface area contributed by atoms with Crippen molar-refractivity contribution >= 4 is 26.8 Å². The molecule has 0 radical (unpaired) electrons. The first-order chi connectivity index (χ1) is 9.29. The van der Waals surface area contributed by atoms with E-state index >= 15 is 0 Å². The van der Waals surface area contributed by atoms with Gasteiger partial charge in [-0.05, 0) is 31.8 Å². The standard InChI is InChI=1S/C17H24OSi2/c1-19(2,3)18-15-10-9-13-17(14-15)20(4,5)16-11-7-6-8-12-16/h6-14H,1-5H3. The monoisotopic (exact) mass is 300 g/mol. The van der Waals surface area contributed by atoms with E-state index in [2.05, 4.69) is 87.3 Å². The Balaban J connectivity index is 2.35. The van der Waals surface area contributed by atoms with Crippen molar-refractivity contribution in [1.82, 2.24) is 0 Å². The van der Waals surface area contributed by atoms with E-state index in [9.17, 15) is 0 Å². The van der Waals surface area contributed by atoms with Crippen molar-refractivity contribution in [2.75, 3.05) is 0 Å². The summed E-state index contributed by atoms with van der Waals surface area (Å²) >= 11 is 0. The molecule has 0 spiro atoms. The highest BCUT2D eigenvalue weighted by Crippen LogP contribution is 2.16. The van der Waals surface area contributed by atoms with Crippen LogP contribution in [0.5, 0.6) is 5.75 Å². The van der Waals surface area contributed by atoms with Crippen LogP contribution in [0.4, 0.5) is 0 Å². The van der Waals surface area contributed by atoms with Gasteiger partial charge in [-0.3, -0.25) is 0 Å². The lowest BCUT2D eigenvalue weighted by Crippen LogP contribution is -2.52. The fourth-order valence-electron chi connectivity index (χ4n) is 2.32. The Hall–Kier alpha value is -1.33. The van der Waals surface area contributed by atoms with Crippen LogP contribution in [0.2, 0.25) is 32.7 Å². The van der Waals surface area contributed by atoms with Crippen LogP contribution in [0.15, 0.2) is 54.6 Å². The molecule has 0 aromatic heterocycles. The number of benzene rings is 2. The highest BCUT2D eigenvalue weighted by Gasteiger charge is 2.26. The van der Waals surface area contributed by atoms with Gasteiger partial charge in [-0.1, -0.05) is 65.9 Å². The topological polar surface area (TPSA) is 9.23 Å². The van der Waals surface area contributed by atoms with Crippen molar-refractivity contribution in [2.45, 2.75) is 32.7 Å². The van der Waals surface area contributed by atoms with Crippen molar-refractivity contribution in [1.29, 1.82) is 0 Å². The van der Waals surface area contributed by atoms with E-state index in [0.717, 1.165) is 5.75 Å². The maximum atomic E-state index is 6.13. The van der Waals surface area contributed by atoms with Crippen LogP contribution < -0.4 is 14.8 Å². The summed E-state index contributed by atoms with van der Waals surface area (Å²) < 4.78 is 6.13. The second kappa shape index (κ2) is 5.58. The predicted molar refractivity (Wildman–Crippen MR) is 93.6 cm³/mol. The fourth-order valence-corrected chi connectivity index (χ4v) is 5.53. The molecule has 2 aromatic rings. The number of hydrogen-bond acceptors (Lipinski definition) is 1. The zero-order valence-electron chi connectivity index (χ0n) is 13.1. The Kier molecular flexibility index (Phi) is 4.20. The van der Waals surface area contributed by atoms with Gasteiger partial charge >= 0.3 is 0 Å². The Bertz CT molecular complexity index is 571. The highest BCUT2D eigenvalue weighted by atomic mass is 28.4. The van der Waals surface area contributed by atoms with Gasteiger partial charge in [-0.2, -0.15) is 0 Å². The average Bonchev–Trinajstić information content (AvgIpc) is 2.38. The first-order valence-corrected chi connectivity index (χ1v) is 13.5. The highest BCUT2D eigenvalue weighted by molar-refractivity contribution is 7.00. The second-order valence-electron chi connectivity index (χ2n) is 6.73. The van der Waals surface area contributed by atoms with E-state index in [1.807, 2.05) is 0 Å². The van der Waals surface area contributed by atoms with Gasteiger partial charge in [-0.25, -0.2) is 0 Å². The van der Waals surface area contributed by atoms with Crippen molar-refractivity contribution in [2.24, 2.45) is 0 Å². The van der Waals surface area contributed by atoms with Gasteiger partial charge in [-0.15, -0.1) is 0 Å². The summed E-state index contributed by atoms with van der Waals surface area (Å²) in [5.74, 6) is 1.03. The van der Waals surface area contributed by atoms with Crippen LogP contribution in [0.1, 0.15) is 0 Å². The molecule has 0 unspecified atom stereocenters. The molecule has 0 amide bonds. The lowest BCUT2D eigenvalue weighted by atomic mass is 10.3. The average molecular weight is 301 g/mol. The summed E-state index contributed by atoms with van der Waals surface area (Å²) in [5, 5.41) is 2.89. The van der Waals surface area contributed by atoms with Gasteiger partial charge < -0.3 is 4.43 Å². The van der Waals surface area contributed by atoms with Gasteiger partial charge in [0.05, 0.1) is 0 Å². The van der Waals surface area contributed by atoms with Crippen LogP contribution in [-0.2, 0) is 0 Å². The number of rotatable bonds is 4. The van der Waals surface area contributed by atoms with Crippen molar-refractivity contribution in [3.8, 4) is 5.75 Å². The Morgan fingerprint density at radius 2 is 1.30 bits per heavy atom. The van der Waals surface area contributed by atoms with Gasteiger partial charge in [0.15, 0.2) is 0 Å². The molecule has 0 N–H and O–H groups in total. The van der Waals surface area contributed by atoms with E-state index in [0.29, 0.717) is 0 Å². The molecule has 2 aromatic carbocycles. The molecule has 0 aliphatic heterocycles. The molecule has 20 heavy (non-hydrogen) atoms. The quantitative estimate of drug-likeness (QED) is 0.782. The van der Waals surface area contributed by atoms with Crippen LogP contribution in [-0.4, -0.2) is 16.4 Å². The molecule has 0 saturated carbocycles. The molecule has 2 rings (SSSR count). The molecular formula is C17H24OSi2. The molecule has 0 fully saturated rings. The Labute approximate surface area is 124 Å². The third-order valence-corrected chi connectivity index (χ3v) is 7.85. The normalized spacial score (nSPS) is 12.2. The molecule has 0 saturated heterocycles. The summed E-state index contributed by atoms with van der Waals surface area (Å²) in [5.41, 5.74) is 0. The zero-order valence-corrected chi connectivity index (χ0v) is 15.1. The molecule has 0 aliphatic carbocycles. The summed E-state index contributed by atoms with van der Waals surface area (Å²) in [6, 6.07) is 19.5. The van der Waals surface area contributed by atoms with E-state index in [1.165, 1.54) is 10.4 Å². The van der Waals surface area contributed by atoms with E-state index in [4.69, 9.17) is 4.43 Å². The second-order valence-corrected chi connectivity index (χ2v) is 15.6. The van der Waals surface area contributed by atoms with Gasteiger partial charge in [0.25, 0.3) is 0 Å². The molecular weight excluding hydrogens is 276 g/mol. The molecule has 106 valence electrons. The SMILES string of the molecule is C[Si](C)(C)Oc1cccc([Si](C)(C)c2ccccc2)c1. The fraction of sp³-hybridized carbons (Fsp3) is 0.294. The number of hydrogen-bond donors (Lipinski definition) is 0. The lowest BCUT2D eigenvalue weighted by molar-refractivity contribution is 0.558. The third-order valence-electron chi connectivity index (χ3n) is 3.48. The van der Waals surface area contributed by atoms with Crippen molar-refractivity contribution in [3.05, 3.63) is 54.6 Å². The molecule has 0 heterocycles. The Morgan fingerprint density at radius 3 is 1.90 bits per heavy atom. The minimum atomic E-state index is -1.63. The smallest absolute Gasteiger partial charge is 0.242 e. The third kappa shape index (κ3) is 3.61. The molecule has 0 bridgehead atoms. The van der Waals surface area contributed by atoms with Gasteiger partial charge in [0.1, 0.15) is 13.8 Å². The maximum absolute atomic E-state index is 6.13. The molecule has 0 aliphatic rings. The van der Waals surface area contributed by atoms with Crippen LogP contribution in [0.25, 0.3) is 0 Å². The summed E-state index contributed by atoms with van der Waals surface area (Å²) in [4.78, 5) is 0. The van der Waals surface area contributed by atoms with E-state index in [-0.39, 0.29) is 0 Å². The lowest BCUT2D eigenvalue weighted by Gasteiger charge is -2.26. The summed E-state index contributed by atoms with van der Waals surface area (Å²) in [6.07, 6.45) is 0. The zero-order chi connectivity index (χ0) is 14.8. The first-order valence-electron chi connectivity index (χ1n) is 7.14. The van der Waals surface area contributed by atoms with Gasteiger partial charge in [0, 0.05) is 0 Å².